The third-order valence-electron chi connectivity index (χ3n) is 3.52. The molecule has 126 valence electrons. The van der Waals surface area contributed by atoms with E-state index in [4.69, 9.17) is 38.5 Å². The molecule has 0 amide bonds. The smallest absolute Gasteiger partial charge is 0.216 e. The van der Waals surface area contributed by atoms with E-state index >= 15 is 0 Å². The molecule has 0 aromatic heterocycles. The van der Waals surface area contributed by atoms with E-state index in [0.717, 1.165) is 12.8 Å². The summed E-state index contributed by atoms with van der Waals surface area (Å²) in [4.78, 5) is 3.91. The number of hydrogen-bond acceptors (Lipinski definition) is 4. The normalized spacial score (nSPS) is 24.3. The summed E-state index contributed by atoms with van der Waals surface area (Å²) < 4.78 is 12.2. The summed E-state index contributed by atoms with van der Waals surface area (Å²) in [6.07, 6.45) is 4.76. The van der Waals surface area contributed by atoms with Crippen molar-refractivity contribution < 1.29 is 9.47 Å². The van der Waals surface area contributed by atoms with Crippen LogP contribution in [-0.2, 0) is 15.3 Å². The van der Waals surface area contributed by atoms with Gasteiger partial charge in [0.25, 0.3) is 0 Å². The van der Waals surface area contributed by atoms with Crippen molar-refractivity contribution in [2.45, 2.75) is 31.7 Å². The first-order valence-corrected chi connectivity index (χ1v) is 8.19. The van der Waals surface area contributed by atoms with Crippen molar-refractivity contribution >= 4 is 29.5 Å². The van der Waals surface area contributed by atoms with Gasteiger partial charge in [0.05, 0.1) is 24.3 Å². The maximum absolute atomic E-state index is 6.36. The Hall–Kier alpha value is -1.11. The monoisotopic (exact) mass is 357 g/mol. The molecular formula is C16H21Cl2N3O2. The predicted octanol–water partition coefficient (Wildman–Crippen LogP) is 3.71. The fraction of sp³-hybridized carbons (Fsp3) is 0.438. The van der Waals surface area contributed by atoms with E-state index in [2.05, 4.69) is 18.5 Å². The van der Waals surface area contributed by atoms with Gasteiger partial charge in [-0.05, 0) is 18.6 Å². The van der Waals surface area contributed by atoms with E-state index in [1.165, 1.54) is 17.5 Å². The Morgan fingerprint density at radius 1 is 1.52 bits per heavy atom. The van der Waals surface area contributed by atoms with Crippen LogP contribution in [0.15, 0.2) is 36.0 Å². The Kier molecular flexibility index (Phi) is 6.44. The molecule has 5 nitrogen and oxygen atoms in total. The molecule has 2 N–H and O–H groups in total. The van der Waals surface area contributed by atoms with Crippen molar-refractivity contribution in [2.24, 2.45) is 10.8 Å². The Morgan fingerprint density at radius 2 is 2.30 bits per heavy atom. The standard InChI is InChI=1S/C16H21Cl2N3O2/c1-3-5-13-9-22-16(23-13,10-21(19)11-20-4-2)14-7-6-12(17)8-15(14)18/h4,6-8,11,13H,2-3,5,9-10,19H2,1H3/b20-11-. The zero-order valence-electron chi connectivity index (χ0n) is 13.0. The molecule has 1 aliphatic heterocycles. The van der Waals surface area contributed by atoms with Gasteiger partial charge in [-0.15, -0.1) is 0 Å². The van der Waals surface area contributed by atoms with Crippen molar-refractivity contribution in [3.8, 4) is 0 Å². The van der Waals surface area contributed by atoms with Gasteiger partial charge in [0, 0.05) is 16.8 Å². The van der Waals surface area contributed by atoms with Crippen LogP contribution in [0.5, 0.6) is 0 Å². The second-order valence-corrected chi connectivity index (χ2v) is 6.18. The SMILES string of the molecule is C=C/N=C\N(N)CC1(c2ccc(Cl)cc2Cl)OCC(CCC)O1. The molecular weight excluding hydrogens is 337 g/mol. The van der Waals surface area contributed by atoms with Gasteiger partial charge < -0.3 is 9.47 Å². The molecule has 0 saturated carbocycles. The molecule has 2 rings (SSSR count). The largest absolute Gasteiger partial charge is 0.342 e. The third-order valence-corrected chi connectivity index (χ3v) is 4.07. The highest BCUT2D eigenvalue weighted by Gasteiger charge is 2.45. The first-order chi connectivity index (χ1) is 11.0. The molecule has 0 radical (unpaired) electrons. The van der Waals surface area contributed by atoms with Gasteiger partial charge >= 0.3 is 0 Å². The summed E-state index contributed by atoms with van der Waals surface area (Å²) in [5.41, 5.74) is 0.699. The van der Waals surface area contributed by atoms with E-state index in [1.54, 1.807) is 18.2 Å². The van der Waals surface area contributed by atoms with Crippen LogP contribution < -0.4 is 5.84 Å². The van der Waals surface area contributed by atoms with Gasteiger partial charge in [0.15, 0.2) is 0 Å². The number of ether oxygens (including phenoxy) is 2. The lowest BCUT2D eigenvalue weighted by Crippen LogP contribution is -2.45. The van der Waals surface area contributed by atoms with E-state index in [0.29, 0.717) is 22.2 Å². The second-order valence-electron chi connectivity index (χ2n) is 5.34. The average Bonchev–Trinajstić information content (AvgIpc) is 2.89. The molecule has 0 bridgehead atoms. The summed E-state index contributed by atoms with van der Waals surface area (Å²) in [5.74, 6) is 4.92. The lowest BCUT2D eigenvalue weighted by molar-refractivity contribution is -0.183. The summed E-state index contributed by atoms with van der Waals surface area (Å²) in [6.45, 7) is 6.35. The third kappa shape index (κ3) is 4.46. The maximum atomic E-state index is 6.36. The van der Waals surface area contributed by atoms with Crippen LogP contribution in [0.25, 0.3) is 0 Å². The molecule has 7 heteroatoms. The number of halogens is 2. The van der Waals surface area contributed by atoms with Crippen LogP contribution >= 0.6 is 23.2 Å². The molecule has 1 saturated heterocycles. The number of aliphatic imine (C=N–C) groups is 1. The van der Waals surface area contributed by atoms with E-state index in [-0.39, 0.29) is 12.6 Å². The van der Waals surface area contributed by atoms with Crippen LogP contribution in [0, 0.1) is 0 Å². The van der Waals surface area contributed by atoms with Crippen LogP contribution in [0.2, 0.25) is 10.0 Å². The lowest BCUT2D eigenvalue weighted by Gasteiger charge is -2.32. The molecule has 1 fully saturated rings. The Morgan fingerprint density at radius 3 is 2.96 bits per heavy atom. The van der Waals surface area contributed by atoms with E-state index in [1.807, 2.05) is 0 Å². The lowest BCUT2D eigenvalue weighted by atomic mass is 10.1. The zero-order chi connectivity index (χ0) is 16.9. The van der Waals surface area contributed by atoms with Crippen LogP contribution in [-0.4, -0.2) is 30.6 Å². The maximum Gasteiger partial charge on any atom is 0.216 e. The molecule has 2 unspecified atom stereocenters. The number of nitrogens with two attached hydrogens (primary N) is 1. The molecule has 1 aliphatic rings. The first-order valence-electron chi connectivity index (χ1n) is 7.43. The van der Waals surface area contributed by atoms with Gasteiger partial charge in [-0.2, -0.15) is 0 Å². The van der Waals surface area contributed by atoms with Gasteiger partial charge in [-0.1, -0.05) is 49.2 Å². The van der Waals surface area contributed by atoms with E-state index < -0.39 is 5.79 Å². The van der Waals surface area contributed by atoms with Gasteiger partial charge in [0.1, 0.15) is 6.34 Å². The van der Waals surface area contributed by atoms with Crippen molar-refractivity contribution in [1.82, 2.24) is 5.01 Å². The van der Waals surface area contributed by atoms with Crippen molar-refractivity contribution in [2.75, 3.05) is 13.2 Å². The molecule has 1 aromatic rings. The highest BCUT2D eigenvalue weighted by molar-refractivity contribution is 6.35. The number of benzene rings is 1. The minimum absolute atomic E-state index is 0.00325. The highest BCUT2D eigenvalue weighted by Crippen LogP contribution is 2.40. The number of nitrogens with zero attached hydrogens (tertiary/aromatic N) is 2. The zero-order valence-corrected chi connectivity index (χ0v) is 14.6. The van der Waals surface area contributed by atoms with Crippen LogP contribution in [0.1, 0.15) is 25.3 Å². The van der Waals surface area contributed by atoms with Crippen LogP contribution in [0.3, 0.4) is 0 Å². The molecule has 2 atom stereocenters. The first kappa shape index (κ1) is 18.2. The van der Waals surface area contributed by atoms with E-state index in [9.17, 15) is 0 Å². The van der Waals surface area contributed by atoms with Crippen molar-refractivity contribution in [3.05, 3.63) is 46.6 Å². The molecule has 0 spiro atoms. The number of rotatable bonds is 7. The molecule has 0 aliphatic carbocycles. The van der Waals surface area contributed by atoms with Gasteiger partial charge in [0.2, 0.25) is 5.79 Å². The van der Waals surface area contributed by atoms with Gasteiger partial charge in [-0.25, -0.2) is 10.8 Å². The molecule has 1 heterocycles. The highest BCUT2D eigenvalue weighted by atomic mass is 35.5. The number of hydrazine groups is 1. The second kappa shape index (κ2) is 8.13. The summed E-state index contributed by atoms with van der Waals surface area (Å²) in [6, 6.07) is 5.22. The minimum atomic E-state index is -1.05. The van der Waals surface area contributed by atoms with Gasteiger partial charge in [-0.3, -0.25) is 5.01 Å². The summed E-state index contributed by atoms with van der Waals surface area (Å²) in [7, 11) is 0. The Bertz CT molecular complexity index is 582. The minimum Gasteiger partial charge on any atom is -0.342 e. The quantitative estimate of drug-likeness (QED) is 0.349. The Labute approximate surface area is 146 Å². The Balaban J connectivity index is 2.32. The number of hydrogen-bond donors (Lipinski definition) is 1. The van der Waals surface area contributed by atoms with Crippen molar-refractivity contribution in [3.63, 3.8) is 0 Å². The molecule has 1 aromatic carbocycles. The summed E-state index contributed by atoms with van der Waals surface area (Å²) in [5, 5.41) is 2.42. The average molecular weight is 358 g/mol. The van der Waals surface area contributed by atoms with Crippen LogP contribution in [0.4, 0.5) is 0 Å². The topological polar surface area (TPSA) is 60.1 Å². The summed E-state index contributed by atoms with van der Waals surface area (Å²) >= 11 is 12.3. The molecule has 23 heavy (non-hydrogen) atoms. The fourth-order valence-electron chi connectivity index (χ4n) is 2.55. The fourth-order valence-corrected chi connectivity index (χ4v) is 3.10. The van der Waals surface area contributed by atoms with Crippen molar-refractivity contribution in [1.29, 1.82) is 0 Å². The predicted molar refractivity (Wildman–Crippen MR) is 93.5 cm³/mol.